The van der Waals surface area contributed by atoms with Crippen LogP contribution in [0.25, 0.3) is 0 Å². The van der Waals surface area contributed by atoms with Crippen LogP contribution in [0.15, 0.2) is 41.3 Å². The number of morpholine rings is 1. The lowest BCUT2D eigenvalue weighted by molar-refractivity contribution is -0.117. The number of carbonyl (C=O) groups is 1. The molecule has 1 N–H and O–H groups in total. The van der Waals surface area contributed by atoms with E-state index < -0.39 is 10.0 Å². The van der Waals surface area contributed by atoms with E-state index in [2.05, 4.69) is 5.32 Å². The van der Waals surface area contributed by atoms with E-state index in [9.17, 15) is 13.2 Å². The van der Waals surface area contributed by atoms with Crippen LogP contribution in [0, 0.1) is 6.92 Å². The van der Waals surface area contributed by atoms with Crippen molar-refractivity contribution in [1.29, 1.82) is 0 Å². The number of ether oxygens (including phenoxy) is 3. The van der Waals surface area contributed by atoms with Crippen molar-refractivity contribution in [3.8, 4) is 11.5 Å². The minimum atomic E-state index is -3.64. The smallest absolute Gasteiger partial charge is 0.243 e. The van der Waals surface area contributed by atoms with Crippen molar-refractivity contribution in [3.05, 3.63) is 47.5 Å². The Hall–Kier alpha value is -2.66. The minimum absolute atomic E-state index is 0.165. The molecule has 0 aromatic heterocycles. The highest BCUT2D eigenvalue weighted by atomic mass is 32.2. The summed E-state index contributed by atoms with van der Waals surface area (Å²) in [5.74, 6) is 1.23. The standard InChI is InChI=1S/C23H29N3O6S/c1-3-25(14-18-5-7-21-22(12-18)32-16-31-21)15-23(27)24-20-13-19(6-4-17(20)2)33(28,29)26-8-10-30-11-9-26/h4-7,12-13H,3,8-11,14-16H2,1-2H3,(H,24,27). The molecular weight excluding hydrogens is 446 g/mol. The lowest BCUT2D eigenvalue weighted by atomic mass is 10.2. The molecule has 2 aliphatic rings. The number of carbonyl (C=O) groups excluding carboxylic acids is 1. The van der Waals surface area contributed by atoms with Crippen LogP contribution in [0.3, 0.4) is 0 Å². The van der Waals surface area contributed by atoms with Gasteiger partial charge >= 0.3 is 0 Å². The van der Waals surface area contributed by atoms with E-state index in [0.717, 1.165) is 16.9 Å². The van der Waals surface area contributed by atoms with E-state index in [1.165, 1.54) is 10.4 Å². The normalized spacial score (nSPS) is 16.2. The van der Waals surface area contributed by atoms with Gasteiger partial charge in [0.05, 0.1) is 24.7 Å². The highest BCUT2D eigenvalue weighted by Gasteiger charge is 2.27. The Labute approximate surface area is 194 Å². The second-order valence-corrected chi connectivity index (χ2v) is 9.97. The summed E-state index contributed by atoms with van der Waals surface area (Å²) in [6.45, 7) is 6.87. The summed E-state index contributed by atoms with van der Waals surface area (Å²) in [6, 6.07) is 10.6. The zero-order chi connectivity index (χ0) is 23.4. The van der Waals surface area contributed by atoms with Crippen LogP contribution in [0.1, 0.15) is 18.1 Å². The Morgan fingerprint density at radius 2 is 1.85 bits per heavy atom. The van der Waals surface area contributed by atoms with E-state index in [1.54, 1.807) is 12.1 Å². The summed E-state index contributed by atoms with van der Waals surface area (Å²) in [4.78, 5) is 15.0. The first-order chi connectivity index (χ1) is 15.9. The first-order valence-corrected chi connectivity index (χ1v) is 12.4. The fourth-order valence-corrected chi connectivity index (χ4v) is 5.24. The van der Waals surface area contributed by atoms with E-state index in [0.29, 0.717) is 50.8 Å². The molecule has 0 radical (unpaired) electrons. The molecule has 2 aromatic carbocycles. The molecular formula is C23H29N3O6S. The maximum Gasteiger partial charge on any atom is 0.243 e. The van der Waals surface area contributed by atoms with Gasteiger partial charge in [-0.1, -0.05) is 19.1 Å². The van der Waals surface area contributed by atoms with Gasteiger partial charge in [0.15, 0.2) is 11.5 Å². The molecule has 2 aromatic rings. The molecule has 1 fully saturated rings. The van der Waals surface area contributed by atoms with Crippen LogP contribution in [-0.4, -0.2) is 69.7 Å². The third kappa shape index (κ3) is 5.47. The second kappa shape index (κ2) is 10.1. The highest BCUT2D eigenvalue weighted by Crippen LogP contribution is 2.32. The summed E-state index contributed by atoms with van der Waals surface area (Å²) in [6.07, 6.45) is 0. The Morgan fingerprint density at radius 1 is 1.09 bits per heavy atom. The van der Waals surface area contributed by atoms with Crippen LogP contribution < -0.4 is 14.8 Å². The number of aryl methyl sites for hydroxylation is 1. The number of benzene rings is 2. The van der Waals surface area contributed by atoms with Gasteiger partial charge in [-0.2, -0.15) is 4.31 Å². The van der Waals surface area contributed by atoms with Gasteiger partial charge in [-0.3, -0.25) is 9.69 Å². The molecule has 33 heavy (non-hydrogen) atoms. The van der Waals surface area contributed by atoms with Gasteiger partial charge in [0.2, 0.25) is 22.7 Å². The zero-order valence-electron chi connectivity index (χ0n) is 18.9. The van der Waals surface area contributed by atoms with Crippen molar-refractivity contribution in [2.75, 3.05) is 51.5 Å². The SMILES string of the molecule is CCN(CC(=O)Nc1cc(S(=O)(=O)N2CCOCC2)ccc1C)Cc1ccc2c(c1)OCO2. The van der Waals surface area contributed by atoms with E-state index in [-0.39, 0.29) is 24.1 Å². The van der Waals surface area contributed by atoms with Gasteiger partial charge < -0.3 is 19.5 Å². The molecule has 0 saturated carbocycles. The van der Waals surface area contributed by atoms with Gasteiger partial charge in [-0.25, -0.2) is 8.42 Å². The Balaban J connectivity index is 1.42. The Bertz CT molecular complexity index is 1120. The molecule has 0 atom stereocenters. The Morgan fingerprint density at radius 3 is 2.61 bits per heavy atom. The predicted molar refractivity (Wildman–Crippen MR) is 123 cm³/mol. The first-order valence-electron chi connectivity index (χ1n) is 11.0. The molecule has 0 spiro atoms. The molecule has 1 amide bonds. The van der Waals surface area contributed by atoms with Crippen LogP contribution in [-0.2, 0) is 26.1 Å². The van der Waals surface area contributed by atoms with Gasteiger partial charge in [-0.15, -0.1) is 0 Å². The molecule has 1 saturated heterocycles. The van der Waals surface area contributed by atoms with Gasteiger partial charge in [-0.05, 0) is 48.9 Å². The average molecular weight is 476 g/mol. The number of nitrogens with zero attached hydrogens (tertiary/aromatic N) is 2. The maximum absolute atomic E-state index is 13.0. The third-order valence-corrected chi connectivity index (χ3v) is 7.64. The molecule has 10 heteroatoms. The molecule has 178 valence electrons. The van der Waals surface area contributed by atoms with Crippen molar-refractivity contribution in [1.82, 2.24) is 9.21 Å². The number of nitrogens with one attached hydrogen (secondary N) is 1. The van der Waals surface area contributed by atoms with Crippen LogP contribution >= 0.6 is 0 Å². The van der Waals surface area contributed by atoms with E-state index >= 15 is 0 Å². The van der Waals surface area contributed by atoms with E-state index in [1.807, 2.05) is 36.9 Å². The molecule has 4 rings (SSSR count). The molecule has 0 bridgehead atoms. The molecule has 0 aliphatic carbocycles. The minimum Gasteiger partial charge on any atom is -0.454 e. The number of anilines is 1. The summed E-state index contributed by atoms with van der Waals surface area (Å²) in [5, 5.41) is 2.88. The van der Waals surface area contributed by atoms with Crippen LogP contribution in [0.2, 0.25) is 0 Å². The van der Waals surface area contributed by atoms with Gasteiger partial charge in [0.1, 0.15) is 0 Å². The number of sulfonamides is 1. The van der Waals surface area contributed by atoms with Crippen molar-refractivity contribution < 1.29 is 27.4 Å². The quantitative estimate of drug-likeness (QED) is 0.625. The maximum atomic E-state index is 13.0. The van der Waals surface area contributed by atoms with Crippen LogP contribution in [0.5, 0.6) is 11.5 Å². The predicted octanol–water partition coefficient (Wildman–Crippen LogP) is 2.21. The highest BCUT2D eigenvalue weighted by molar-refractivity contribution is 7.89. The third-order valence-electron chi connectivity index (χ3n) is 5.75. The monoisotopic (exact) mass is 475 g/mol. The van der Waals surface area contributed by atoms with Gasteiger partial charge in [0, 0.05) is 25.3 Å². The lowest BCUT2D eigenvalue weighted by Crippen LogP contribution is -2.40. The summed E-state index contributed by atoms with van der Waals surface area (Å²) in [5.41, 5.74) is 2.31. The Kier molecular flexibility index (Phi) is 7.18. The second-order valence-electron chi connectivity index (χ2n) is 8.03. The number of fused-ring (bicyclic) bond motifs is 1. The summed E-state index contributed by atoms with van der Waals surface area (Å²) >= 11 is 0. The number of rotatable bonds is 8. The zero-order valence-corrected chi connectivity index (χ0v) is 19.7. The number of likely N-dealkylation sites (N-methyl/N-ethyl adjacent to an activating group) is 1. The topological polar surface area (TPSA) is 97.4 Å². The molecule has 9 nitrogen and oxygen atoms in total. The first kappa shape index (κ1) is 23.5. The number of amides is 1. The van der Waals surface area contributed by atoms with Gasteiger partial charge in [0.25, 0.3) is 0 Å². The van der Waals surface area contributed by atoms with Crippen LogP contribution in [0.4, 0.5) is 5.69 Å². The number of hydrogen-bond acceptors (Lipinski definition) is 7. The fraction of sp³-hybridized carbons (Fsp3) is 0.435. The largest absolute Gasteiger partial charge is 0.454 e. The van der Waals surface area contributed by atoms with Crippen molar-refractivity contribution >= 4 is 21.6 Å². The molecule has 2 heterocycles. The van der Waals surface area contributed by atoms with Crippen molar-refractivity contribution in [2.24, 2.45) is 0 Å². The van der Waals surface area contributed by atoms with Crippen molar-refractivity contribution in [3.63, 3.8) is 0 Å². The molecule has 2 aliphatic heterocycles. The molecule has 0 unspecified atom stereocenters. The number of hydrogen-bond donors (Lipinski definition) is 1. The van der Waals surface area contributed by atoms with Crippen molar-refractivity contribution in [2.45, 2.75) is 25.3 Å². The average Bonchev–Trinajstić information content (AvgIpc) is 3.28. The fourth-order valence-electron chi connectivity index (χ4n) is 3.80. The van der Waals surface area contributed by atoms with E-state index in [4.69, 9.17) is 14.2 Å². The summed E-state index contributed by atoms with van der Waals surface area (Å²) < 4.78 is 43.4. The lowest BCUT2D eigenvalue weighted by Gasteiger charge is -2.26. The summed E-state index contributed by atoms with van der Waals surface area (Å²) in [7, 11) is -3.64.